The first-order chi connectivity index (χ1) is 14.7. The van der Waals surface area contributed by atoms with Gasteiger partial charge in [-0.05, 0) is 17.7 Å². The minimum Gasteiger partial charge on any atom is -0.345 e. The summed E-state index contributed by atoms with van der Waals surface area (Å²) in [5.41, 5.74) is 7.47. The van der Waals surface area contributed by atoms with Gasteiger partial charge in [0.05, 0.1) is 22.9 Å². The molecule has 0 spiro atoms. The number of para-hydroxylation sites is 1. The molecule has 0 saturated heterocycles. The number of hydrogen-bond acceptors (Lipinski definition) is 9. The lowest BCUT2D eigenvalue weighted by Gasteiger charge is -2.17. The highest BCUT2D eigenvalue weighted by Crippen LogP contribution is 2.37. The van der Waals surface area contributed by atoms with E-state index in [0.29, 0.717) is 22.2 Å². The van der Waals surface area contributed by atoms with Gasteiger partial charge in [0.2, 0.25) is 20.0 Å². The second-order valence-electron chi connectivity index (χ2n) is 6.52. The van der Waals surface area contributed by atoms with E-state index >= 15 is 0 Å². The molecule has 1 aromatic heterocycles. The Morgan fingerprint density at radius 1 is 1.10 bits per heavy atom. The molecule has 1 aliphatic heterocycles. The van der Waals surface area contributed by atoms with Crippen LogP contribution >= 0.6 is 0 Å². The molecule has 3 aromatic rings. The van der Waals surface area contributed by atoms with Crippen LogP contribution in [0, 0.1) is 0 Å². The zero-order valence-electron chi connectivity index (χ0n) is 16.0. The molecule has 162 valence electrons. The van der Waals surface area contributed by atoms with Gasteiger partial charge in [0.1, 0.15) is 9.79 Å². The summed E-state index contributed by atoms with van der Waals surface area (Å²) in [5, 5.41) is 13.2. The molecule has 0 fully saturated rings. The topological polar surface area (TPSA) is 198 Å². The molecule has 4 rings (SSSR count). The van der Waals surface area contributed by atoms with E-state index in [9.17, 15) is 16.8 Å². The number of fused-ring (bicyclic) bond motifs is 1. The van der Waals surface area contributed by atoms with Crippen LogP contribution in [0.15, 0.2) is 61.7 Å². The number of sulfonamides is 2. The fourth-order valence-electron chi connectivity index (χ4n) is 3.32. The Hall–Kier alpha value is -3.04. The molecule has 0 aliphatic carbocycles. The van der Waals surface area contributed by atoms with Gasteiger partial charge in [0, 0.05) is 18.7 Å². The Kier molecular flexibility index (Phi) is 5.40. The van der Waals surface area contributed by atoms with Crippen molar-refractivity contribution in [2.75, 3.05) is 19.8 Å². The molecular weight excluding hydrogens is 444 g/mol. The predicted molar refractivity (Wildman–Crippen MR) is 113 cm³/mol. The van der Waals surface area contributed by atoms with Crippen LogP contribution in [0.4, 0.5) is 0 Å². The van der Waals surface area contributed by atoms with Gasteiger partial charge in [0.15, 0.2) is 12.5 Å². The highest BCUT2D eigenvalue weighted by Gasteiger charge is 2.32. The van der Waals surface area contributed by atoms with Gasteiger partial charge in [-0.3, -0.25) is 0 Å². The standard InChI is InChI=1S/C17H18N8O4S2/c18-6-7-24-31(28,29)13-5-4-10(11-2-1-3-12-15(11)21-8-20-12)14(16(13)30(19,26)27)17-22-9-23-25-17/h1-5,8,24H,6-7,9,18H2,(H,20,21)(H2,19,26,27). The van der Waals surface area contributed by atoms with Crippen LogP contribution in [0.25, 0.3) is 22.2 Å². The van der Waals surface area contributed by atoms with Gasteiger partial charge in [0.25, 0.3) is 0 Å². The number of nitrogens with two attached hydrogens (primary N) is 2. The first-order valence-corrected chi connectivity index (χ1v) is 12.0. The number of rotatable bonds is 7. The molecule has 0 bridgehead atoms. The van der Waals surface area contributed by atoms with Gasteiger partial charge in [-0.2, -0.15) is 5.11 Å². The van der Waals surface area contributed by atoms with Crippen molar-refractivity contribution >= 4 is 36.9 Å². The maximum atomic E-state index is 12.8. The van der Waals surface area contributed by atoms with E-state index in [1.54, 1.807) is 18.2 Å². The highest BCUT2D eigenvalue weighted by molar-refractivity contribution is 7.92. The number of aliphatic imine (C=N–C) groups is 1. The number of amidine groups is 1. The third-order valence-electron chi connectivity index (χ3n) is 4.54. The highest BCUT2D eigenvalue weighted by atomic mass is 32.2. The molecule has 0 atom stereocenters. The van der Waals surface area contributed by atoms with Gasteiger partial charge < -0.3 is 10.7 Å². The maximum Gasteiger partial charge on any atom is 0.241 e. The fourth-order valence-corrected chi connectivity index (χ4v) is 5.96. The number of nitrogens with one attached hydrogen (secondary N) is 2. The number of imidazole rings is 1. The summed E-state index contributed by atoms with van der Waals surface area (Å²) in [7, 11) is -8.80. The molecule has 1 aliphatic rings. The van der Waals surface area contributed by atoms with Crippen LogP contribution < -0.4 is 15.6 Å². The third kappa shape index (κ3) is 3.86. The van der Waals surface area contributed by atoms with E-state index in [-0.39, 0.29) is 31.2 Å². The van der Waals surface area contributed by atoms with E-state index in [2.05, 4.69) is 29.9 Å². The summed E-state index contributed by atoms with van der Waals surface area (Å²) in [6.45, 7) is -0.0818. The van der Waals surface area contributed by atoms with Crippen molar-refractivity contribution in [2.24, 2.45) is 26.1 Å². The van der Waals surface area contributed by atoms with Crippen molar-refractivity contribution in [3.8, 4) is 11.1 Å². The summed E-state index contributed by atoms with van der Waals surface area (Å²) in [6.07, 6.45) is 1.50. The molecule has 14 heteroatoms. The van der Waals surface area contributed by atoms with Crippen molar-refractivity contribution < 1.29 is 16.8 Å². The molecule has 0 unspecified atom stereocenters. The lowest BCUT2D eigenvalue weighted by atomic mass is 9.97. The van der Waals surface area contributed by atoms with Crippen LogP contribution in [0.3, 0.4) is 0 Å². The number of H-pyrrole nitrogens is 1. The van der Waals surface area contributed by atoms with Gasteiger partial charge in [-0.1, -0.05) is 18.2 Å². The number of nitrogens with zero attached hydrogens (tertiary/aromatic N) is 4. The summed E-state index contributed by atoms with van der Waals surface area (Å²) in [5.74, 6) is -0.0394. The van der Waals surface area contributed by atoms with Crippen LogP contribution in [-0.2, 0) is 20.0 Å². The first kappa shape index (κ1) is 21.2. The monoisotopic (exact) mass is 462 g/mol. The molecule has 6 N–H and O–H groups in total. The average Bonchev–Trinajstić information content (AvgIpc) is 3.42. The second kappa shape index (κ2) is 7.90. The molecule has 12 nitrogen and oxygen atoms in total. The Morgan fingerprint density at radius 2 is 1.90 bits per heavy atom. The van der Waals surface area contributed by atoms with Crippen molar-refractivity contribution in [1.82, 2.24) is 14.7 Å². The third-order valence-corrected chi connectivity index (χ3v) is 7.17. The number of primary sulfonamides is 1. The maximum absolute atomic E-state index is 12.8. The lowest BCUT2D eigenvalue weighted by molar-refractivity contribution is 0.573. The van der Waals surface area contributed by atoms with E-state index in [0.717, 1.165) is 0 Å². The van der Waals surface area contributed by atoms with Gasteiger partial charge in [-0.25, -0.2) is 36.7 Å². The Morgan fingerprint density at radius 3 is 2.58 bits per heavy atom. The van der Waals surface area contributed by atoms with Crippen molar-refractivity contribution in [1.29, 1.82) is 0 Å². The summed E-state index contributed by atoms with van der Waals surface area (Å²) < 4.78 is 53.3. The minimum absolute atomic E-state index is 0.0200. The second-order valence-corrected chi connectivity index (χ2v) is 9.75. The van der Waals surface area contributed by atoms with E-state index in [4.69, 9.17) is 10.9 Å². The average molecular weight is 463 g/mol. The number of aromatic nitrogens is 2. The predicted octanol–water partition coefficient (Wildman–Crippen LogP) is 0.284. The van der Waals surface area contributed by atoms with Crippen LogP contribution in [-0.4, -0.2) is 52.4 Å². The largest absolute Gasteiger partial charge is 0.345 e. The van der Waals surface area contributed by atoms with Crippen LogP contribution in [0.2, 0.25) is 0 Å². The Bertz CT molecular complexity index is 1440. The molecule has 0 saturated carbocycles. The normalized spacial score (nSPS) is 14.3. The SMILES string of the molecule is NCCNS(=O)(=O)c1ccc(-c2cccc3[nH]cnc23)c(C2=NCN=N2)c1S(N)(=O)=O. The van der Waals surface area contributed by atoms with Crippen molar-refractivity contribution in [3.05, 3.63) is 42.2 Å². The van der Waals surface area contributed by atoms with Crippen molar-refractivity contribution in [2.45, 2.75) is 9.79 Å². The number of benzene rings is 2. The van der Waals surface area contributed by atoms with E-state index in [1.165, 1.54) is 18.5 Å². The number of azo groups is 1. The van der Waals surface area contributed by atoms with Gasteiger partial charge in [-0.15, -0.1) is 5.11 Å². The number of aromatic amines is 1. The van der Waals surface area contributed by atoms with E-state index < -0.39 is 29.8 Å². The van der Waals surface area contributed by atoms with Crippen LogP contribution in [0.5, 0.6) is 0 Å². The van der Waals surface area contributed by atoms with Crippen molar-refractivity contribution in [3.63, 3.8) is 0 Å². The molecule has 0 radical (unpaired) electrons. The molecule has 0 amide bonds. The number of hydrogen-bond donors (Lipinski definition) is 4. The zero-order chi connectivity index (χ0) is 22.2. The minimum atomic E-state index is -4.54. The van der Waals surface area contributed by atoms with Crippen LogP contribution in [0.1, 0.15) is 5.56 Å². The smallest absolute Gasteiger partial charge is 0.241 e. The first-order valence-electron chi connectivity index (χ1n) is 8.98. The molecule has 2 aromatic carbocycles. The lowest BCUT2D eigenvalue weighted by Crippen LogP contribution is -2.31. The summed E-state index contributed by atoms with van der Waals surface area (Å²) >= 11 is 0. The molecular formula is C17H18N8O4S2. The fraction of sp³-hybridized carbons (Fsp3) is 0.176. The Balaban J connectivity index is 2.11. The molecule has 2 heterocycles. The van der Waals surface area contributed by atoms with E-state index in [1.807, 2.05) is 0 Å². The van der Waals surface area contributed by atoms with Gasteiger partial charge >= 0.3 is 0 Å². The summed E-state index contributed by atoms with van der Waals surface area (Å²) in [4.78, 5) is 10.2. The Labute approximate surface area is 177 Å². The summed E-state index contributed by atoms with van der Waals surface area (Å²) in [6, 6.07) is 7.93. The quantitative estimate of drug-likeness (QED) is 0.389. The molecule has 31 heavy (non-hydrogen) atoms. The zero-order valence-corrected chi connectivity index (χ0v) is 17.6.